The van der Waals surface area contributed by atoms with E-state index in [1.54, 1.807) is 0 Å². The fourth-order valence-corrected chi connectivity index (χ4v) is 2.05. The number of nitrogens with zero attached hydrogens (tertiary/aromatic N) is 1. The number of aliphatic hydroxyl groups excluding tert-OH is 4. The molecule has 0 aliphatic carbocycles. The van der Waals surface area contributed by atoms with Crippen LogP contribution < -0.4 is 11.2 Å². The van der Waals surface area contributed by atoms with Gasteiger partial charge in [-0.15, -0.1) is 0 Å². The summed E-state index contributed by atoms with van der Waals surface area (Å²) in [5.74, 6) is 0. The highest BCUT2D eigenvalue weighted by Crippen LogP contribution is 2.28. The van der Waals surface area contributed by atoms with Crippen LogP contribution in [0.4, 0.5) is 0 Å². The van der Waals surface area contributed by atoms with Gasteiger partial charge in [-0.3, -0.25) is 14.3 Å². The first kappa shape index (κ1) is 13.9. The van der Waals surface area contributed by atoms with Gasteiger partial charge in [-0.2, -0.15) is 0 Å². The summed E-state index contributed by atoms with van der Waals surface area (Å²) in [6.45, 7) is -1.16. The molecule has 1 aromatic heterocycles. The highest BCUT2D eigenvalue weighted by molar-refractivity contribution is 5.03. The van der Waals surface area contributed by atoms with Crippen LogP contribution >= 0.6 is 0 Å². The highest BCUT2D eigenvalue weighted by atomic mass is 16.6. The second kappa shape index (κ2) is 5.23. The lowest BCUT2D eigenvalue weighted by molar-refractivity contribution is -0.0574. The summed E-state index contributed by atoms with van der Waals surface area (Å²) in [6.07, 6.45) is -5.18. The summed E-state index contributed by atoms with van der Waals surface area (Å²) in [5, 5.41) is 37.5. The Bertz CT molecular complexity index is 566. The molecule has 1 saturated heterocycles. The first-order chi connectivity index (χ1) is 8.99. The minimum absolute atomic E-state index is 0.0661. The van der Waals surface area contributed by atoms with Crippen molar-refractivity contribution in [2.45, 2.75) is 31.1 Å². The fourth-order valence-electron chi connectivity index (χ4n) is 2.05. The van der Waals surface area contributed by atoms with Crippen molar-refractivity contribution < 1.29 is 25.2 Å². The third-order valence-corrected chi connectivity index (χ3v) is 2.99. The lowest BCUT2D eigenvalue weighted by Crippen LogP contribution is -2.39. The van der Waals surface area contributed by atoms with Crippen molar-refractivity contribution in [3.63, 3.8) is 0 Å². The van der Waals surface area contributed by atoms with Crippen LogP contribution in [0.15, 0.2) is 15.7 Å². The van der Waals surface area contributed by atoms with E-state index < -0.39 is 49.0 Å². The topological polar surface area (TPSA) is 145 Å². The maximum atomic E-state index is 11.7. The number of ether oxygens (including phenoxy) is 1. The van der Waals surface area contributed by atoms with Crippen molar-refractivity contribution in [3.8, 4) is 0 Å². The standard InChI is InChI=1S/C10H14N2O7/c13-2-4-1-6(15)11-10(18)12(4)9-8(17)7(16)5(3-14)19-9/h1,5,7-9,13-14,16-17H,2-3H2,(H,11,15,18). The Hall–Kier alpha value is -1.52. The molecule has 5 N–H and O–H groups in total. The number of nitrogens with one attached hydrogen (secondary N) is 1. The molecule has 2 heterocycles. The molecule has 2 rings (SSSR count). The summed E-state index contributed by atoms with van der Waals surface area (Å²) < 4.78 is 6.00. The molecular formula is C10H14N2O7. The molecule has 1 aliphatic heterocycles. The number of hydrogen-bond acceptors (Lipinski definition) is 7. The van der Waals surface area contributed by atoms with Crippen molar-refractivity contribution in [2.75, 3.05) is 6.61 Å². The van der Waals surface area contributed by atoms with Crippen LogP contribution in [0, 0.1) is 0 Å². The molecule has 0 amide bonds. The van der Waals surface area contributed by atoms with Gasteiger partial charge in [-0.05, 0) is 0 Å². The first-order valence-corrected chi connectivity index (χ1v) is 5.57. The van der Waals surface area contributed by atoms with E-state index in [4.69, 9.17) is 14.9 Å². The average molecular weight is 274 g/mol. The zero-order valence-electron chi connectivity index (χ0n) is 9.76. The second-order valence-electron chi connectivity index (χ2n) is 4.19. The van der Waals surface area contributed by atoms with Crippen molar-refractivity contribution in [3.05, 3.63) is 32.6 Å². The highest BCUT2D eigenvalue weighted by Gasteiger charge is 2.44. The lowest BCUT2D eigenvalue weighted by atomic mass is 10.1. The molecule has 106 valence electrons. The quantitative estimate of drug-likeness (QED) is 0.387. The first-order valence-electron chi connectivity index (χ1n) is 5.57. The Morgan fingerprint density at radius 1 is 1.26 bits per heavy atom. The zero-order chi connectivity index (χ0) is 14.2. The Labute approximate surface area is 106 Å². The molecule has 9 nitrogen and oxygen atoms in total. The van der Waals surface area contributed by atoms with E-state index in [2.05, 4.69) is 0 Å². The molecule has 19 heavy (non-hydrogen) atoms. The van der Waals surface area contributed by atoms with Crippen LogP contribution in [0.1, 0.15) is 11.9 Å². The van der Waals surface area contributed by atoms with Crippen LogP contribution in [-0.2, 0) is 11.3 Å². The van der Waals surface area contributed by atoms with Gasteiger partial charge in [0.25, 0.3) is 5.56 Å². The molecule has 0 radical (unpaired) electrons. The van der Waals surface area contributed by atoms with Gasteiger partial charge in [0.15, 0.2) is 6.23 Å². The Morgan fingerprint density at radius 3 is 2.47 bits per heavy atom. The monoisotopic (exact) mass is 274 g/mol. The Kier molecular flexibility index (Phi) is 3.83. The summed E-state index contributed by atoms with van der Waals surface area (Å²) in [4.78, 5) is 24.8. The van der Waals surface area contributed by atoms with Crippen LogP contribution in [0.25, 0.3) is 0 Å². The smallest absolute Gasteiger partial charge is 0.330 e. The molecule has 9 heteroatoms. The molecular weight excluding hydrogens is 260 g/mol. The van der Waals surface area contributed by atoms with Crippen molar-refractivity contribution in [2.24, 2.45) is 0 Å². The maximum Gasteiger partial charge on any atom is 0.330 e. The van der Waals surface area contributed by atoms with E-state index in [1.165, 1.54) is 0 Å². The van der Waals surface area contributed by atoms with Crippen molar-refractivity contribution in [1.82, 2.24) is 9.55 Å². The van der Waals surface area contributed by atoms with E-state index in [0.717, 1.165) is 10.6 Å². The van der Waals surface area contributed by atoms with Crippen molar-refractivity contribution >= 4 is 0 Å². The van der Waals surface area contributed by atoms with Crippen LogP contribution in [0.2, 0.25) is 0 Å². The third kappa shape index (κ3) is 2.33. The molecule has 0 spiro atoms. The van der Waals surface area contributed by atoms with Gasteiger partial charge in [0, 0.05) is 6.07 Å². The van der Waals surface area contributed by atoms with E-state index >= 15 is 0 Å². The van der Waals surface area contributed by atoms with Gasteiger partial charge in [-0.25, -0.2) is 4.79 Å². The van der Waals surface area contributed by atoms with Crippen molar-refractivity contribution in [1.29, 1.82) is 0 Å². The zero-order valence-corrected chi connectivity index (χ0v) is 9.76. The third-order valence-electron chi connectivity index (χ3n) is 2.99. The number of hydrogen-bond donors (Lipinski definition) is 5. The number of aromatic nitrogens is 2. The molecule has 4 atom stereocenters. The van der Waals surface area contributed by atoms with Gasteiger partial charge < -0.3 is 25.2 Å². The largest absolute Gasteiger partial charge is 0.394 e. The summed E-state index contributed by atoms with van der Waals surface area (Å²) in [6, 6.07) is 0.982. The Balaban J connectivity index is 2.48. The molecule has 1 aliphatic rings. The summed E-state index contributed by atoms with van der Waals surface area (Å²) in [5.41, 5.74) is -1.65. The molecule has 0 bridgehead atoms. The van der Waals surface area contributed by atoms with Gasteiger partial charge in [-0.1, -0.05) is 0 Å². The van der Waals surface area contributed by atoms with E-state index in [0.29, 0.717) is 0 Å². The number of aliphatic hydroxyl groups is 4. The Morgan fingerprint density at radius 2 is 1.95 bits per heavy atom. The van der Waals surface area contributed by atoms with E-state index in [-0.39, 0.29) is 5.69 Å². The predicted molar refractivity (Wildman–Crippen MR) is 60.3 cm³/mol. The molecule has 0 saturated carbocycles. The molecule has 1 fully saturated rings. The van der Waals surface area contributed by atoms with Crippen LogP contribution in [0.3, 0.4) is 0 Å². The normalized spacial score (nSPS) is 30.7. The van der Waals surface area contributed by atoms with E-state index in [1.807, 2.05) is 4.98 Å². The van der Waals surface area contributed by atoms with Gasteiger partial charge in [0.05, 0.1) is 18.9 Å². The second-order valence-corrected chi connectivity index (χ2v) is 4.19. The van der Waals surface area contributed by atoms with Gasteiger partial charge in [0.2, 0.25) is 0 Å². The molecule has 4 unspecified atom stereocenters. The SMILES string of the molecule is O=c1cc(CO)n(C2OC(CO)C(O)C2O)c(=O)[nH]1. The van der Waals surface area contributed by atoms with Crippen LogP contribution in [0.5, 0.6) is 0 Å². The number of H-pyrrole nitrogens is 1. The molecule has 0 aromatic carbocycles. The number of rotatable bonds is 3. The molecule has 1 aromatic rings. The fraction of sp³-hybridized carbons (Fsp3) is 0.600. The maximum absolute atomic E-state index is 11.7. The lowest BCUT2D eigenvalue weighted by Gasteiger charge is -2.19. The summed E-state index contributed by atoms with van der Waals surface area (Å²) >= 11 is 0. The minimum atomic E-state index is -1.47. The van der Waals surface area contributed by atoms with Gasteiger partial charge >= 0.3 is 5.69 Å². The number of aromatic amines is 1. The van der Waals surface area contributed by atoms with Gasteiger partial charge in [0.1, 0.15) is 18.3 Å². The summed E-state index contributed by atoms with van der Waals surface area (Å²) in [7, 11) is 0. The average Bonchev–Trinajstić information content (AvgIpc) is 2.65. The van der Waals surface area contributed by atoms with Crippen LogP contribution in [-0.4, -0.2) is 54.9 Å². The predicted octanol–water partition coefficient (Wildman–Crippen LogP) is -3.36. The van der Waals surface area contributed by atoms with E-state index in [9.17, 15) is 19.8 Å². The minimum Gasteiger partial charge on any atom is -0.394 e.